The molecule has 200 valence electrons. The number of hydrogen-bond acceptors (Lipinski definition) is 8. The highest BCUT2D eigenvalue weighted by Crippen LogP contribution is 2.68. The molecule has 0 aliphatic heterocycles. The van der Waals surface area contributed by atoms with Crippen LogP contribution in [0.4, 0.5) is 0 Å². The molecular weight excluding hydrogens is 452 g/mol. The second-order valence-corrected chi connectivity index (χ2v) is 13.3. The number of carbonyl (C=O) groups is 1. The van der Waals surface area contributed by atoms with Gasteiger partial charge < -0.3 is 35.7 Å². The first-order chi connectivity index (χ1) is 15.9. The van der Waals surface area contributed by atoms with E-state index >= 15 is 0 Å². The van der Waals surface area contributed by atoms with Crippen molar-refractivity contribution in [1.29, 1.82) is 0 Å². The highest BCUT2D eigenvalue weighted by Gasteiger charge is 2.71. The van der Waals surface area contributed by atoms with Crippen molar-refractivity contribution in [1.82, 2.24) is 0 Å². The Morgan fingerprint density at radius 2 is 1.69 bits per heavy atom. The summed E-state index contributed by atoms with van der Waals surface area (Å²) >= 11 is 0. The van der Waals surface area contributed by atoms with Gasteiger partial charge in [-0.1, -0.05) is 13.8 Å². The van der Waals surface area contributed by atoms with Gasteiger partial charge in [-0.15, -0.1) is 0 Å². The zero-order chi connectivity index (χ0) is 26.4. The van der Waals surface area contributed by atoms with Gasteiger partial charge in [0.25, 0.3) is 0 Å². The summed E-state index contributed by atoms with van der Waals surface area (Å²) in [6.45, 7) is 8.52. The maximum absolute atomic E-state index is 13.3. The fourth-order valence-electron chi connectivity index (χ4n) is 8.44. The second-order valence-electron chi connectivity index (χ2n) is 13.3. The normalized spacial score (nSPS) is 48.3. The first kappa shape index (κ1) is 27.2. The number of carbonyl (C=O) groups excluding carboxylic acids is 1. The molecule has 0 aromatic heterocycles. The molecule has 35 heavy (non-hydrogen) atoms. The standard InChI is InChI=1S/C27H44O8/c1-23(2,33)8-7-21(32)26(5,34)20-6-9-27(35)15-11-16(28)14-10-17(29)18(30)12-24(14,3)22(15)19(31)13-25(20,27)4/h11,14,17-22,29-35H,6-10,12-13H2,1-5H3/t14?,17?,18?,19-,20?,21+,22?,24+,25-,26?,27-/m1/s1. The van der Waals surface area contributed by atoms with Gasteiger partial charge in [-0.2, -0.15) is 0 Å². The van der Waals surface area contributed by atoms with Crippen molar-refractivity contribution in [2.24, 2.45) is 28.6 Å². The van der Waals surface area contributed by atoms with E-state index in [1.807, 2.05) is 13.8 Å². The Morgan fingerprint density at radius 3 is 2.29 bits per heavy atom. The lowest BCUT2D eigenvalue weighted by Crippen LogP contribution is -2.66. The number of rotatable bonds is 5. The quantitative estimate of drug-likeness (QED) is 0.295. The van der Waals surface area contributed by atoms with Crippen molar-refractivity contribution < 1.29 is 40.5 Å². The SMILES string of the molecule is CC(C)(O)CC[C@H](O)C(C)(O)C1CC[C@@]2(O)C3=CC(=O)C4CC(O)C(O)C[C@]4(C)C3[C@H](O)C[C@]12C. The lowest BCUT2D eigenvalue weighted by Gasteiger charge is -2.62. The molecule has 0 aromatic rings. The van der Waals surface area contributed by atoms with E-state index < -0.39 is 69.8 Å². The van der Waals surface area contributed by atoms with Crippen LogP contribution in [0.25, 0.3) is 0 Å². The number of aliphatic hydroxyl groups excluding tert-OH is 4. The topological polar surface area (TPSA) is 159 Å². The monoisotopic (exact) mass is 496 g/mol. The molecule has 0 radical (unpaired) electrons. The summed E-state index contributed by atoms with van der Waals surface area (Å²) in [5, 5.41) is 77.0. The molecule has 8 heteroatoms. The van der Waals surface area contributed by atoms with Crippen LogP contribution in [0.1, 0.15) is 79.6 Å². The molecule has 0 bridgehead atoms. The number of ketones is 1. The summed E-state index contributed by atoms with van der Waals surface area (Å²) in [5.41, 5.74) is -5.42. The van der Waals surface area contributed by atoms with Crippen molar-refractivity contribution in [3.63, 3.8) is 0 Å². The first-order valence-corrected chi connectivity index (χ1v) is 13.0. The van der Waals surface area contributed by atoms with Crippen molar-refractivity contribution in [2.75, 3.05) is 0 Å². The maximum atomic E-state index is 13.3. The van der Waals surface area contributed by atoms with E-state index in [4.69, 9.17) is 0 Å². The molecule has 4 aliphatic carbocycles. The van der Waals surface area contributed by atoms with Gasteiger partial charge in [0.15, 0.2) is 5.78 Å². The van der Waals surface area contributed by atoms with Crippen LogP contribution in [-0.4, -0.2) is 82.7 Å². The minimum atomic E-state index is -1.59. The predicted octanol–water partition coefficient (Wildman–Crippen LogP) is 0.825. The third-order valence-electron chi connectivity index (χ3n) is 10.5. The van der Waals surface area contributed by atoms with Gasteiger partial charge in [0.1, 0.15) is 0 Å². The molecule has 0 amide bonds. The Bertz CT molecular complexity index is 892. The summed E-state index contributed by atoms with van der Waals surface area (Å²) in [7, 11) is 0. The molecule has 7 N–H and O–H groups in total. The minimum Gasteiger partial charge on any atom is -0.392 e. The summed E-state index contributed by atoms with van der Waals surface area (Å²) in [4.78, 5) is 13.3. The Balaban J connectivity index is 1.71. The van der Waals surface area contributed by atoms with Crippen LogP contribution in [0.3, 0.4) is 0 Å². The van der Waals surface area contributed by atoms with Crippen LogP contribution in [0, 0.1) is 28.6 Å². The van der Waals surface area contributed by atoms with Crippen molar-refractivity contribution >= 4 is 5.78 Å². The molecule has 0 aromatic carbocycles. The molecule has 6 unspecified atom stereocenters. The molecular formula is C27H44O8. The number of fused-ring (bicyclic) bond motifs is 5. The smallest absolute Gasteiger partial charge is 0.159 e. The van der Waals surface area contributed by atoms with Crippen LogP contribution >= 0.6 is 0 Å². The van der Waals surface area contributed by atoms with Crippen LogP contribution in [-0.2, 0) is 4.79 Å². The number of aliphatic hydroxyl groups is 7. The number of hydrogen-bond donors (Lipinski definition) is 7. The first-order valence-electron chi connectivity index (χ1n) is 13.0. The van der Waals surface area contributed by atoms with Gasteiger partial charge in [0.05, 0.1) is 41.2 Å². The van der Waals surface area contributed by atoms with Gasteiger partial charge in [-0.25, -0.2) is 0 Å². The lowest BCUT2D eigenvalue weighted by molar-refractivity contribution is -0.197. The summed E-state index contributed by atoms with van der Waals surface area (Å²) < 4.78 is 0. The third-order valence-corrected chi connectivity index (χ3v) is 10.5. The highest BCUT2D eigenvalue weighted by atomic mass is 16.3. The fraction of sp³-hybridized carbons (Fsp3) is 0.889. The number of allylic oxidation sites excluding steroid dienone is 1. The van der Waals surface area contributed by atoms with Gasteiger partial charge in [0, 0.05) is 17.3 Å². The summed E-state index contributed by atoms with van der Waals surface area (Å²) in [6.07, 6.45) is -1.08. The maximum Gasteiger partial charge on any atom is 0.159 e. The predicted molar refractivity (Wildman–Crippen MR) is 128 cm³/mol. The molecule has 11 atom stereocenters. The van der Waals surface area contributed by atoms with Gasteiger partial charge in [-0.3, -0.25) is 4.79 Å². The van der Waals surface area contributed by atoms with Crippen molar-refractivity contribution in [2.45, 2.75) is 121 Å². The van der Waals surface area contributed by atoms with E-state index in [2.05, 4.69) is 0 Å². The van der Waals surface area contributed by atoms with E-state index in [0.717, 1.165) is 0 Å². The Labute approximate surface area is 207 Å². The van der Waals surface area contributed by atoms with Crippen molar-refractivity contribution in [3.8, 4) is 0 Å². The largest absolute Gasteiger partial charge is 0.392 e. The average molecular weight is 497 g/mol. The minimum absolute atomic E-state index is 0.115. The van der Waals surface area contributed by atoms with Gasteiger partial charge in [0.2, 0.25) is 0 Å². The van der Waals surface area contributed by atoms with Crippen molar-refractivity contribution in [3.05, 3.63) is 11.6 Å². The van der Waals surface area contributed by atoms with Crippen LogP contribution in [0.2, 0.25) is 0 Å². The van der Waals surface area contributed by atoms with E-state index in [9.17, 15) is 40.5 Å². The molecule has 4 rings (SSSR count). The van der Waals surface area contributed by atoms with E-state index in [1.54, 1.807) is 20.8 Å². The fourth-order valence-corrected chi connectivity index (χ4v) is 8.44. The van der Waals surface area contributed by atoms with Crippen LogP contribution < -0.4 is 0 Å². The lowest BCUT2D eigenvalue weighted by atomic mass is 9.45. The molecule has 3 fully saturated rings. The third kappa shape index (κ3) is 3.95. The van der Waals surface area contributed by atoms with Crippen LogP contribution in [0.5, 0.6) is 0 Å². The molecule has 0 heterocycles. The van der Waals surface area contributed by atoms with E-state index in [0.29, 0.717) is 12.0 Å². The highest BCUT2D eigenvalue weighted by molar-refractivity contribution is 5.95. The molecule has 8 nitrogen and oxygen atoms in total. The van der Waals surface area contributed by atoms with Crippen LogP contribution in [0.15, 0.2) is 11.6 Å². The summed E-state index contributed by atoms with van der Waals surface area (Å²) in [5.74, 6) is -1.89. The van der Waals surface area contributed by atoms with E-state index in [1.165, 1.54) is 6.08 Å². The van der Waals surface area contributed by atoms with E-state index in [-0.39, 0.29) is 44.3 Å². The Hall–Kier alpha value is -0.870. The van der Waals surface area contributed by atoms with Gasteiger partial charge >= 0.3 is 0 Å². The Morgan fingerprint density at radius 1 is 1.06 bits per heavy atom. The zero-order valence-electron chi connectivity index (χ0n) is 21.6. The zero-order valence-corrected chi connectivity index (χ0v) is 21.6. The van der Waals surface area contributed by atoms with Gasteiger partial charge in [-0.05, 0) is 88.7 Å². The summed E-state index contributed by atoms with van der Waals surface area (Å²) in [6, 6.07) is 0. The molecule has 3 saturated carbocycles. The Kier molecular flexibility index (Phi) is 6.46. The second kappa shape index (κ2) is 8.32. The molecule has 0 spiro atoms. The molecule has 0 saturated heterocycles. The molecule has 4 aliphatic rings. The average Bonchev–Trinajstić information content (AvgIpc) is 2.99.